The minimum atomic E-state index is 0.535. The van der Waals surface area contributed by atoms with Crippen molar-refractivity contribution in [2.45, 2.75) is 6.54 Å². The van der Waals surface area contributed by atoms with E-state index in [2.05, 4.69) is 14.7 Å². The highest BCUT2D eigenvalue weighted by atomic mass is 35.5. The number of rotatable bonds is 4. The second kappa shape index (κ2) is 5.78. The van der Waals surface area contributed by atoms with Crippen molar-refractivity contribution in [2.24, 2.45) is 0 Å². The van der Waals surface area contributed by atoms with E-state index in [4.69, 9.17) is 17.3 Å². The van der Waals surface area contributed by atoms with Crippen LogP contribution in [0.1, 0.15) is 4.88 Å². The first-order chi connectivity index (χ1) is 9.74. The Hall–Kier alpha value is -1.63. The lowest BCUT2D eigenvalue weighted by molar-refractivity contribution is 1.21. The Morgan fingerprint density at radius 2 is 2.00 bits per heavy atom. The molecule has 0 fully saturated rings. The van der Waals surface area contributed by atoms with Crippen LogP contribution in [0, 0.1) is 0 Å². The van der Waals surface area contributed by atoms with E-state index in [1.165, 1.54) is 16.4 Å². The van der Waals surface area contributed by atoms with Crippen LogP contribution in [0.4, 0.5) is 10.8 Å². The fourth-order valence-corrected chi connectivity index (χ4v) is 3.59. The molecule has 4 nitrogen and oxygen atoms in total. The summed E-state index contributed by atoms with van der Waals surface area (Å²) in [5.74, 6) is 0.535. The highest BCUT2D eigenvalue weighted by Crippen LogP contribution is 2.37. The molecule has 20 heavy (non-hydrogen) atoms. The van der Waals surface area contributed by atoms with Crippen molar-refractivity contribution in [3.8, 4) is 11.1 Å². The summed E-state index contributed by atoms with van der Waals surface area (Å²) in [6.45, 7) is 0.705. The van der Waals surface area contributed by atoms with Crippen molar-refractivity contribution >= 4 is 45.3 Å². The van der Waals surface area contributed by atoms with Gasteiger partial charge in [-0.3, -0.25) is 4.98 Å². The van der Waals surface area contributed by atoms with Crippen LogP contribution in [-0.2, 0) is 6.54 Å². The number of anilines is 2. The number of hydrogen-bond acceptors (Lipinski definition) is 6. The molecule has 3 rings (SSSR count). The molecule has 0 amide bonds. The Morgan fingerprint density at radius 3 is 2.70 bits per heavy atom. The molecule has 3 aromatic rings. The number of thiophene rings is 1. The van der Waals surface area contributed by atoms with Gasteiger partial charge in [-0.1, -0.05) is 11.6 Å². The zero-order chi connectivity index (χ0) is 13.9. The van der Waals surface area contributed by atoms with Crippen molar-refractivity contribution in [3.05, 3.63) is 45.9 Å². The molecule has 0 aromatic carbocycles. The maximum Gasteiger partial charge on any atom is 0.147 e. The fraction of sp³-hybridized carbons (Fsp3) is 0.0769. The van der Waals surface area contributed by atoms with Gasteiger partial charge in [0.25, 0.3) is 0 Å². The maximum absolute atomic E-state index is 5.97. The van der Waals surface area contributed by atoms with E-state index in [0.717, 1.165) is 20.5 Å². The second-order valence-electron chi connectivity index (χ2n) is 4.07. The van der Waals surface area contributed by atoms with Gasteiger partial charge in [0.2, 0.25) is 0 Å². The van der Waals surface area contributed by atoms with Crippen molar-refractivity contribution in [3.63, 3.8) is 0 Å². The molecule has 0 aliphatic rings. The molecule has 3 aromatic heterocycles. The first kappa shape index (κ1) is 13.4. The van der Waals surface area contributed by atoms with Gasteiger partial charge in [0.15, 0.2) is 0 Å². The summed E-state index contributed by atoms with van der Waals surface area (Å²) >= 11 is 8.85. The number of aromatic nitrogens is 2. The van der Waals surface area contributed by atoms with E-state index < -0.39 is 0 Å². The third kappa shape index (κ3) is 2.77. The largest absolute Gasteiger partial charge is 0.382 e. The Labute approximate surface area is 129 Å². The van der Waals surface area contributed by atoms with Crippen LogP contribution in [0.3, 0.4) is 0 Å². The topological polar surface area (TPSA) is 63.8 Å². The third-order valence-electron chi connectivity index (χ3n) is 2.74. The Balaban J connectivity index is 1.84. The Kier molecular flexibility index (Phi) is 3.86. The van der Waals surface area contributed by atoms with Gasteiger partial charge >= 0.3 is 0 Å². The summed E-state index contributed by atoms with van der Waals surface area (Å²) in [7, 11) is 0. The summed E-state index contributed by atoms with van der Waals surface area (Å²) in [5.41, 5.74) is 7.91. The molecule has 102 valence electrons. The van der Waals surface area contributed by atoms with Gasteiger partial charge < -0.3 is 11.1 Å². The number of hydrogen-bond donors (Lipinski definition) is 2. The minimum Gasteiger partial charge on any atom is -0.382 e. The highest BCUT2D eigenvalue weighted by molar-refractivity contribution is 7.16. The van der Waals surface area contributed by atoms with Crippen molar-refractivity contribution < 1.29 is 0 Å². The SMILES string of the molecule is Nc1nsc(NCc2ccc(Cl)s2)c1-c1ccncc1. The van der Waals surface area contributed by atoms with E-state index in [1.807, 2.05) is 24.3 Å². The zero-order valence-corrected chi connectivity index (χ0v) is 12.7. The van der Waals surface area contributed by atoms with Gasteiger partial charge in [0.05, 0.1) is 16.4 Å². The Morgan fingerprint density at radius 1 is 1.20 bits per heavy atom. The van der Waals surface area contributed by atoms with E-state index in [-0.39, 0.29) is 0 Å². The van der Waals surface area contributed by atoms with Crippen molar-refractivity contribution in [2.75, 3.05) is 11.1 Å². The molecule has 7 heteroatoms. The number of nitrogens with zero attached hydrogens (tertiary/aromatic N) is 2. The van der Waals surface area contributed by atoms with Crippen LogP contribution in [0.25, 0.3) is 11.1 Å². The molecule has 0 atom stereocenters. The molecular weight excluding hydrogens is 312 g/mol. The van der Waals surface area contributed by atoms with Crippen LogP contribution in [0.15, 0.2) is 36.7 Å². The molecule has 3 heterocycles. The van der Waals surface area contributed by atoms with Crippen LogP contribution in [0.2, 0.25) is 4.34 Å². The summed E-state index contributed by atoms with van der Waals surface area (Å²) in [6, 6.07) is 7.76. The first-order valence-corrected chi connectivity index (χ1v) is 7.84. The summed E-state index contributed by atoms with van der Waals surface area (Å²) in [6.07, 6.45) is 3.49. The predicted molar refractivity (Wildman–Crippen MR) is 86.4 cm³/mol. The molecule has 0 saturated carbocycles. The molecule has 0 aliphatic carbocycles. The van der Waals surface area contributed by atoms with Gasteiger partial charge in [0, 0.05) is 17.3 Å². The van der Waals surface area contributed by atoms with E-state index in [9.17, 15) is 0 Å². The molecule has 0 aliphatic heterocycles. The van der Waals surface area contributed by atoms with Crippen LogP contribution < -0.4 is 11.1 Å². The normalized spacial score (nSPS) is 10.7. The van der Waals surface area contributed by atoms with Gasteiger partial charge in [0.1, 0.15) is 10.8 Å². The average Bonchev–Trinajstić information content (AvgIpc) is 3.03. The monoisotopic (exact) mass is 322 g/mol. The molecule has 0 radical (unpaired) electrons. The molecule has 0 bridgehead atoms. The van der Waals surface area contributed by atoms with Crippen LogP contribution in [-0.4, -0.2) is 9.36 Å². The van der Waals surface area contributed by atoms with E-state index in [0.29, 0.717) is 12.4 Å². The zero-order valence-electron chi connectivity index (χ0n) is 10.3. The number of nitrogen functional groups attached to an aromatic ring is 1. The van der Waals surface area contributed by atoms with Crippen LogP contribution in [0.5, 0.6) is 0 Å². The Bertz CT molecular complexity index is 708. The first-order valence-electron chi connectivity index (χ1n) is 5.87. The molecule has 3 N–H and O–H groups in total. The molecule has 0 unspecified atom stereocenters. The molecule has 0 saturated heterocycles. The van der Waals surface area contributed by atoms with Crippen molar-refractivity contribution in [1.29, 1.82) is 0 Å². The number of nitrogens with two attached hydrogens (primary N) is 1. The lowest BCUT2D eigenvalue weighted by Gasteiger charge is -2.06. The predicted octanol–water partition coefficient (Wildman–Crippen LogP) is 4.11. The second-order valence-corrected chi connectivity index (χ2v) is 6.64. The molecule has 0 spiro atoms. The average molecular weight is 323 g/mol. The van der Waals surface area contributed by atoms with Gasteiger partial charge in [-0.25, -0.2) is 0 Å². The number of halogens is 1. The van der Waals surface area contributed by atoms with Gasteiger partial charge in [-0.2, -0.15) is 4.37 Å². The van der Waals surface area contributed by atoms with Crippen LogP contribution >= 0.6 is 34.5 Å². The molecular formula is C13H11ClN4S2. The van der Waals surface area contributed by atoms with Gasteiger partial charge in [-0.15, -0.1) is 11.3 Å². The number of nitrogens with one attached hydrogen (secondary N) is 1. The standard InChI is InChI=1S/C13H11ClN4S2/c14-10-2-1-9(19-10)7-17-13-11(12(15)18-20-13)8-3-5-16-6-4-8/h1-6,17H,7H2,(H2,15,18). The fourth-order valence-electron chi connectivity index (χ4n) is 1.83. The lowest BCUT2D eigenvalue weighted by atomic mass is 10.1. The van der Waals surface area contributed by atoms with Crippen molar-refractivity contribution in [1.82, 2.24) is 9.36 Å². The quantitative estimate of drug-likeness (QED) is 0.758. The summed E-state index contributed by atoms with van der Waals surface area (Å²) in [5, 5.41) is 4.33. The third-order valence-corrected chi connectivity index (χ3v) is 4.79. The highest BCUT2D eigenvalue weighted by Gasteiger charge is 2.13. The van der Waals surface area contributed by atoms with E-state index >= 15 is 0 Å². The van der Waals surface area contributed by atoms with Gasteiger partial charge in [-0.05, 0) is 41.4 Å². The smallest absolute Gasteiger partial charge is 0.147 e. The summed E-state index contributed by atoms with van der Waals surface area (Å²) in [4.78, 5) is 5.19. The summed E-state index contributed by atoms with van der Waals surface area (Å²) < 4.78 is 5.02. The number of pyridine rings is 1. The minimum absolute atomic E-state index is 0.535. The van der Waals surface area contributed by atoms with E-state index in [1.54, 1.807) is 23.7 Å². The maximum atomic E-state index is 5.97. The lowest BCUT2D eigenvalue weighted by Crippen LogP contribution is -1.97.